The van der Waals surface area contributed by atoms with E-state index in [0.29, 0.717) is 0 Å². The first-order valence-corrected chi connectivity index (χ1v) is 12.6. The molecule has 1 aliphatic heterocycles. The van der Waals surface area contributed by atoms with Crippen LogP contribution < -0.4 is 4.90 Å². The Morgan fingerprint density at radius 3 is 2.06 bits per heavy atom. The zero-order valence-electron chi connectivity index (χ0n) is 20.5. The number of halogens is 1. The van der Waals surface area contributed by atoms with E-state index in [9.17, 15) is 0 Å². The average molecular weight is 478 g/mol. The summed E-state index contributed by atoms with van der Waals surface area (Å²) in [5, 5.41) is 0.764. The molecule has 0 unspecified atom stereocenters. The van der Waals surface area contributed by atoms with Gasteiger partial charge in [0.15, 0.2) is 0 Å². The van der Waals surface area contributed by atoms with Crippen LogP contribution >= 0.6 is 11.6 Å². The monoisotopic (exact) mass is 477 g/mol. The van der Waals surface area contributed by atoms with Crippen molar-refractivity contribution < 1.29 is 4.58 Å². The van der Waals surface area contributed by atoms with Crippen molar-refractivity contribution >= 4 is 39.8 Å². The summed E-state index contributed by atoms with van der Waals surface area (Å²) in [6, 6.07) is 36.4. The third-order valence-corrected chi connectivity index (χ3v) is 7.13. The number of para-hydroxylation sites is 1. The molecule has 0 bridgehead atoms. The standard InChI is InChI=1S/C32H30ClN2/c1-4-35(5-2)25-20-21-26(28(33)22-25)30(23-14-8-6-9-15-23)31-27-18-12-13-19-29(27)34(3)32(31)24-16-10-7-11-17-24/h6-22H,4-5H2,1-3H3/q+1. The van der Waals surface area contributed by atoms with Crippen LogP contribution in [0.15, 0.2) is 103 Å². The molecule has 0 radical (unpaired) electrons. The summed E-state index contributed by atoms with van der Waals surface area (Å²) in [4.78, 5) is 2.32. The van der Waals surface area contributed by atoms with E-state index in [1.54, 1.807) is 0 Å². The van der Waals surface area contributed by atoms with Gasteiger partial charge in [-0.05, 0) is 49.7 Å². The molecule has 174 valence electrons. The minimum atomic E-state index is 0.764. The molecule has 3 heteroatoms. The highest BCUT2D eigenvalue weighted by Gasteiger charge is 2.36. The van der Waals surface area contributed by atoms with Crippen molar-refractivity contribution in [3.8, 4) is 0 Å². The number of benzene rings is 4. The first-order valence-electron chi connectivity index (χ1n) is 12.2. The Bertz CT molecular complexity index is 1410. The first kappa shape index (κ1) is 23.1. The molecule has 1 aliphatic rings. The van der Waals surface area contributed by atoms with Crippen molar-refractivity contribution in [2.75, 3.05) is 25.0 Å². The Labute approximate surface area is 213 Å². The van der Waals surface area contributed by atoms with Crippen molar-refractivity contribution in [2.24, 2.45) is 0 Å². The van der Waals surface area contributed by atoms with Crippen molar-refractivity contribution in [1.82, 2.24) is 0 Å². The Hall–Kier alpha value is -3.62. The maximum Gasteiger partial charge on any atom is 0.221 e. The van der Waals surface area contributed by atoms with Gasteiger partial charge in [0, 0.05) is 41.5 Å². The topological polar surface area (TPSA) is 6.25 Å². The van der Waals surface area contributed by atoms with Gasteiger partial charge in [-0.1, -0.05) is 78.3 Å². The third kappa shape index (κ3) is 4.19. The van der Waals surface area contributed by atoms with Gasteiger partial charge in [-0.2, -0.15) is 4.58 Å². The fraction of sp³-hybridized carbons (Fsp3) is 0.156. The number of hydrogen-bond acceptors (Lipinski definition) is 1. The molecule has 4 aromatic carbocycles. The second-order valence-corrected chi connectivity index (χ2v) is 9.15. The zero-order chi connectivity index (χ0) is 24.4. The summed E-state index contributed by atoms with van der Waals surface area (Å²) in [6.07, 6.45) is 0. The molecule has 0 aliphatic carbocycles. The van der Waals surface area contributed by atoms with Crippen LogP contribution in [0.2, 0.25) is 5.02 Å². The molecule has 0 amide bonds. The van der Waals surface area contributed by atoms with Crippen molar-refractivity contribution in [1.29, 1.82) is 0 Å². The minimum Gasteiger partial charge on any atom is -0.372 e. The predicted molar refractivity (Wildman–Crippen MR) is 150 cm³/mol. The van der Waals surface area contributed by atoms with Crippen LogP contribution in [0.25, 0.3) is 11.1 Å². The zero-order valence-corrected chi connectivity index (χ0v) is 21.3. The molecule has 0 spiro atoms. The Morgan fingerprint density at radius 2 is 1.40 bits per heavy atom. The van der Waals surface area contributed by atoms with E-state index < -0.39 is 0 Å². The minimum absolute atomic E-state index is 0.764. The Kier molecular flexibility index (Phi) is 6.57. The fourth-order valence-corrected chi connectivity index (χ4v) is 5.38. The summed E-state index contributed by atoms with van der Waals surface area (Å²) in [6.45, 7) is 6.25. The summed E-state index contributed by atoms with van der Waals surface area (Å²) in [5.41, 5.74) is 10.5. The van der Waals surface area contributed by atoms with Crippen LogP contribution in [0, 0.1) is 0 Å². The Balaban J connectivity index is 1.85. The van der Waals surface area contributed by atoms with Gasteiger partial charge in [0.05, 0.1) is 16.2 Å². The van der Waals surface area contributed by atoms with E-state index in [1.807, 2.05) is 0 Å². The quantitative estimate of drug-likeness (QED) is 0.255. The molecule has 2 nitrogen and oxygen atoms in total. The summed E-state index contributed by atoms with van der Waals surface area (Å²) in [5.74, 6) is 0. The molecule has 4 aromatic rings. The van der Waals surface area contributed by atoms with Crippen LogP contribution in [0.4, 0.5) is 11.4 Å². The molecule has 0 N–H and O–H groups in total. The van der Waals surface area contributed by atoms with Gasteiger partial charge in [-0.3, -0.25) is 0 Å². The van der Waals surface area contributed by atoms with Crippen LogP contribution in [0.5, 0.6) is 0 Å². The molecule has 0 saturated carbocycles. The van der Waals surface area contributed by atoms with Crippen LogP contribution in [-0.2, 0) is 0 Å². The number of fused-ring (bicyclic) bond motifs is 1. The molecular formula is C32H30ClN2+. The van der Waals surface area contributed by atoms with E-state index in [0.717, 1.165) is 40.5 Å². The van der Waals surface area contributed by atoms with Gasteiger partial charge in [0.1, 0.15) is 7.05 Å². The van der Waals surface area contributed by atoms with Gasteiger partial charge >= 0.3 is 0 Å². The molecule has 5 rings (SSSR count). The van der Waals surface area contributed by atoms with Gasteiger partial charge in [0.25, 0.3) is 0 Å². The lowest BCUT2D eigenvalue weighted by Crippen LogP contribution is -2.21. The molecule has 0 saturated heterocycles. The number of rotatable bonds is 6. The maximum atomic E-state index is 7.08. The summed E-state index contributed by atoms with van der Waals surface area (Å²) < 4.78 is 2.31. The van der Waals surface area contributed by atoms with Crippen LogP contribution in [0.1, 0.15) is 36.1 Å². The van der Waals surface area contributed by atoms with E-state index >= 15 is 0 Å². The predicted octanol–water partition coefficient (Wildman–Crippen LogP) is 7.92. The van der Waals surface area contributed by atoms with Gasteiger partial charge in [-0.25, -0.2) is 0 Å². The normalized spacial score (nSPS) is 14.2. The lowest BCUT2D eigenvalue weighted by atomic mass is 9.86. The highest BCUT2D eigenvalue weighted by atomic mass is 35.5. The van der Waals surface area contributed by atoms with Crippen molar-refractivity contribution in [2.45, 2.75) is 13.8 Å². The van der Waals surface area contributed by atoms with E-state index in [1.165, 1.54) is 28.1 Å². The number of hydrogen-bond donors (Lipinski definition) is 0. The SMILES string of the molecule is CCN(CC)c1ccc(C(=C2C(c3ccccc3)=[N+](C)c3ccccc32)c2ccccc2)c(Cl)c1. The van der Waals surface area contributed by atoms with E-state index in [-0.39, 0.29) is 0 Å². The Morgan fingerprint density at radius 1 is 0.771 bits per heavy atom. The molecule has 35 heavy (non-hydrogen) atoms. The lowest BCUT2D eigenvalue weighted by molar-refractivity contribution is -0.400. The van der Waals surface area contributed by atoms with E-state index in [2.05, 4.69) is 133 Å². The first-order chi connectivity index (χ1) is 17.1. The highest BCUT2D eigenvalue weighted by Crippen LogP contribution is 2.44. The smallest absolute Gasteiger partial charge is 0.221 e. The summed E-state index contributed by atoms with van der Waals surface area (Å²) >= 11 is 7.08. The highest BCUT2D eigenvalue weighted by molar-refractivity contribution is 6.40. The van der Waals surface area contributed by atoms with Crippen LogP contribution in [-0.4, -0.2) is 30.4 Å². The van der Waals surface area contributed by atoms with Crippen molar-refractivity contribution in [3.63, 3.8) is 0 Å². The summed E-state index contributed by atoms with van der Waals surface area (Å²) in [7, 11) is 2.15. The third-order valence-electron chi connectivity index (χ3n) is 6.82. The maximum absolute atomic E-state index is 7.08. The molecular weight excluding hydrogens is 448 g/mol. The van der Waals surface area contributed by atoms with E-state index in [4.69, 9.17) is 11.6 Å². The molecule has 0 atom stereocenters. The number of nitrogens with zero attached hydrogens (tertiary/aromatic N) is 2. The van der Waals surface area contributed by atoms with Gasteiger partial charge < -0.3 is 4.90 Å². The van der Waals surface area contributed by atoms with Gasteiger partial charge in [-0.15, -0.1) is 0 Å². The second-order valence-electron chi connectivity index (χ2n) is 8.74. The second kappa shape index (κ2) is 9.93. The van der Waals surface area contributed by atoms with Crippen LogP contribution in [0.3, 0.4) is 0 Å². The molecule has 0 aromatic heterocycles. The molecule has 1 heterocycles. The largest absolute Gasteiger partial charge is 0.372 e. The van der Waals surface area contributed by atoms with Gasteiger partial charge in [0.2, 0.25) is 11.4 Å². The number of anilines is 1. The molecule has 0 fully saturated rings. The average Bonchev–Trinajstić information content (AvgIpc) is 3.19. The number of allylic oxidation sites excluding steroid dienone is 1. The lowest BCUT2D eigenvalue weighted by Gasteiger charge is -2.22. The fourth-order valence-electron chi connectivity index (χ4n) is 5.11. The van der Waals surface area contributed by atoms with Crippen molar-refractivity contribution in [3.05, 3.63) is 130 Å².